The normalized spacial score (nSPS) is 31.8. The molecule has 17 heavy (non-hydrogen) atoms. The Balaban J connectivity index is 2.08. The van der Waals surface area contributed by atoms with Gasteiger partial charge in [-0.1, -0.05) is 12.8 Å². The molecule has 1 saturated carbocycles. The van der Waals surface area contributed by atoms with Crippen LogP contribution in [0, 0.1) is 5.92 Å². The van der Waals surface area contributed by atoms with Crippen molar-refractivity contribution in [3.8, 4) is 0 Å². The van der Waals surface area contributed by atoms with Crippen LogP contribution in [0.4, 0.5) is 0 Å². The Morgan fingerprint density at radius 1 is 1.29 bits per heavy atom. The van der Waals surface area contributed by atoms with Crippen LogP contribution in [0.15, 0.2) is 0 Å². The van der Waals surface area contributed by atoms with Gasteiger partial charge in [0.15, 0.2) is 0 Å². The number of piperidine rings is 1. The minimum atomic E-state index is -0.693. The lowest BCUT2D eigenvalue weighted by Crippen LogP contribution is -2.54. The van der Waals surface area contributed by atoms with Crippen molar-refractivity contribution in [3.05, 3.63) is 0 Å². The quantitative estimate of drug-likeness (QED) is 0.780. The number of aliphatic carboxylic acids is 1. The topological polar surface area (TPSA) is 66.6 Å². The summed E-state index contributed by atoms with van der Waals surface area (Å²) in [6.45, 7) is 1.41. The fraction of sp³-hybridized carbons (Fsp3) is 0.923. The molecule has 0 radical (unpaired) electrons. The van der Waals surface area contributed by atoms with Crippen LogP contribution in [0.5, 0.6) is 0 Å². The number of likely N-dealkylation sites (tertiary alicyclic amines) is 1. The number of carbonyl (C=O) groups is 1. The van der Waals surface area contributed by atoms with E-state index < -0.39 is 5.97 Å². The zero-order valence-electron chi connectivity index (χ0n) is 10.5. The van der Waals surface area contributed by atoms with Gasteiger partial charge in [-0.3, -0.25) is 9.69 Å². The maximum Gasteiger partial charge on any atom is 0.320 e. The molecule has 2 aliphatic rings. The minimum absolute atomic E-state index is 0.356. The van der Waals surface area contributed by atoms with Crippen molar-refractivity contribution in [2.75, 3.05) is 13.1 Å². The SMILES string of the molecule is NCCC(C(=O)O)N1CCC[C@H]2CCCC[C@H]21. The van der Waals surface area contributed by atoms with Gasteiger partial charge in [0.25, 0.3) is 0 Å². The number of hydrogen-bond donors (Lipinski definition) is 2. The average molecular weight is 240 g/mol. The summed E-state index contributed by atoms with van der Waals surface area (Å²) in [5, 5.41) is 9.35. The molecule has 1 aliphatic heterocycles. The molecule has 0 spiro atoms. The van der Waals surface area contributed by atoms with E-state index in [1.165, 1.54) is 32.1 Å². The standard InChI is InChI=1S/C13H24N2O2/c14-8-7-12(13(16)17)15-9-3-5-10-4-1-2-6-11(10)15/h10-12H,1-9,14H2,(H,16,17)/t10-,11-,12?/m1/s1. The molecule has 2 fully saturated rings. The van der Waals surface area contributed by atoms with Gasteiger partial charge in [0, 0.05) is 6.04 Å². The number of rotatable bonds is 4. The molecular weight excluding hydrogens is 216 g/mol. The molecule has 3 N–H and O–H groups in total. The zero-order chi connectivity index (χ0) is 12.3. The second-order valence-corrected chi connectivity index (χ2v) is 5.42. The van der Waals surface area contributed by atoms with E-state index in [-0.39, 0.29) is 6.04 Å². The predicted molar refractivity (Wildman–Crippen MR) is 66.8 cm³/mol. The Morgan fingerprint density at radius 3 is 2.71 bits per heavy atom. The third-order valence-corrected chi connectivity index (χ3v) is 4.41. The Morgan fingerprint density at radius 2 is 2.00 bits per heavy atom. The number of carboxylic acids is 1. The van der Waals surface area contributed by atoms with Crippen LogP contribution in [-0.4, -0.2) is 41.1 Å². The van der Waals surface area contributed by atoms with E-state index in [1.54, 1.807) is 0 Å². The summed E-state index contributed by atoms with van der Waals surface area (Å²) in [6.07, 6.45) is 8.07. The third-order valence-electron chi connectivity index (χ3n) is 4.41. The van der Waals surface area contributed by atoms with Crippen molar-refractivity contribution < 1.29 is 9.90 Å². The van der Waals surface area contributed by atoms with Gasteiger partial charge >= 0.3 is 5.97 Å². The number of fused-ring (bicyclic) bond motifs is 1. The Kier molecular flexibility index (Phi) is 4.40. The van der Waals surface area contributed by atoms with Gasteiger partial charge in [-0.25, -0.2) is 0 Å². The maximum atomic E-state index is 11.4. The van der Waals surface area contributed by atoms with Crippen LogP contribution in [0.2, 0.25) is 0 Å². The summed E-state index contributed by atoms with van der Waals surface area (Å²) < 4.78 is 0. The molecule has 1 saturated heterocycles. The first-order chi connectivity index (χ1) is 8.24. The number of carboxylic acid groups (broad SMARTS) is 1. The highest BCUT2D eigenvalue weighted by molar-refractivity contribution is 5.73. The molecule has 3 atom stereocenters. The van der Waals surface area contributed by atoms with Crippen molar-refractivity contribution >= 4 is 5.97 Å². The lowest BCUT2D eigenvalue weighted by Gasteiger charge is -2.46. The van der Waals surface area contributed by atoms with Gasteiger partial charge in [-0.05, 0) is 51.1 Å². The third kappa shape index (κ3) is 2.80. The predicted octanol–water partition coefficient (Wildman–Crippen LogP) is 1.44. The van der Waals surface area contributed by atoms with E-state index in [2.05, 4.69) is 4.90 Å². The molecule has 1 unspecified atom stereocenters. The first-order valence-corrected chi connectivity index (χ1v) is 6.92. The summed E-state index contributed by atoms with van der Waals surface area (Å²) in [4.78, 5) is 13.6. The molecule has 0 aromatic rings. The molecule has 98 valence electrons. The zero-order valence-corrected chi connectivity index (χ0v) is 10.5. The van der Waals surface area contributed by atoms with Gasteiger partial charge in [-0.2, -0.15) is 0 Å². The molecule has 0 amide bonds. The molecule has 1 aliphatic carbocycles. The molecular formula is C13H24N2O2. The van der Waals surface area contributed by atoms with Crippen LogP contribution in [0.25, 0.3) is 0 Å². The number of nitrogens with zero attached hydrogens (tertiary/aromatic N) is 1. The smallest absolute Gasteiger partial charge is 0.320 e. The lowest BCUT2D eigenvalue weighted by atomic mass is 9.77. The van der Waals surface area contributed by atoms with Gasteiger partial charge in [0.05, 0.1) is 0 Å². The van der Waals surface area contributed by atoms with Crippen LogP contribution in [0.3, 0.4) is 0 Å². The van der Waals surface area contributed by atoms with Gasteiger partial charge in [-0.15, -0.1) is 0 Å². The van der Waals surface area contributed by atoms with Crippen molar-refractivity contribution in [2.24, 2.45) is 11.7 Å². The fourth-order valence-corrected chi connectivity index (χ4v) is 3.64. The Labute approximate surface area is 103 Å². The summed E-state index contributed by atoms with van der Waals surface area (Å²) in [6, 6.07) is 0.149. The summed E-state index contributed by atoms with van der Waals surface area (Å²) in [7, 11) is 0. The van der Waals surface area contributed by atoms with Crippen LogP contribution in [0.1, 0.15) is 44.9 Å². The van der Waals surface area contributed by atoms with E-state index in [4.69, 9.17) is 5.73 Å². The lowest BCUT2D eigenvalue weighted by molar-refractivity contribution is -0.146. The first-order valence-electron chi connectivity index (χ1n) is 6.92. The second-order valence-electron chi connectivity index (χ2n) is 5.42. The van der Waals surface area contributed by atoms with E-state index >= 15 is 0 Å². The summed E-state index contributed by atoms with van der Waals surface area (Å²) in [5.74, 6) is 0.0406. The highest BCUT2D eigenvalue weighted by Gasteiger charge is 2.38. The minimum Gasteiger partial charge on any atom is -0.480 e. The molecule has 0 aromatic carbocycles. The van der Waals surface area contributed by atoms with E-state index in [0.29, 0.717) is 19.0 Å². The van der Waals surface area contributed by atoms with Gasteiger partial charge < -0.3 is 10.8 Å². The van der Waals surface area contributed by atoms with Crippen LogP contribution >= 0.6 is 0 Å². The fourth-order valence-electron chi connectivity index (χ4n) is 3.64. The summed E-state index contributed by atoms with van der Waals surface area (Å²) >= 11 is 0. The monoisotopic (exact) mass is 240 g/mol. The highest BCUT2D eigenvalue weighted by atomic mass is 16.4. The summed E-state index contributed by atoms with van der Waals surface area (Å²) in [5.41, 5.74) is 5.55. The maximum absolute atomic E-state index is 11.4. The highest BCUT2D eigenvalue weighted by Crippen LogP contribution is 2.36. The van der Waals surface area contributed by atoms with E-state index in [0.717, 1.165) is 18.9 Å². The van der Waals surface area contributed by atoms with Crippen molar-refractivity contribution in [2.45, 2.75) is 57.0 Å². The molecule has 4 heteroatoms. The largest absolute Gasteiger partial charge is 0.480 e. The van der Waals surface area contributed by atoms with Crippen molar-refractivity contribution in [1.29, 1.82) is 0 Å². The van der Waals surface area contributed by atoms with Gasteiger partial charge in [0.2, 0.25) is 0 Å². The molecule has 1 heterocycles. The van der Waals surface area contributed by atoms with Crippen LogP contribution < -0.4 is 5.73 Å². The second kappa shape index (κ2) is 5.83. The number of hydrogen-bond acceptors (Lipinski definition) is 3. The Bertz CT molecular complexity index is 268. The first kappa shape index (κ1) is 12.8. The molecule has 0 bridgehead atoms. The van der Waals surface area contributed by atoms with E-state index in [9.17, 15) is 9.90 Å². The average Bonchev–Trinajstić information content (AvgIpc) is 2.35. The van der Waals surface area contributed by atoms with Crippen LogP contribution in [-0.2, 0) is 4.79 Å². The van der Waals surface area contributed by atoms with E-state index in [1.807, 2.05) is 0 Å². The van der Waals surface area contributed by atoms with Crippen molar-refractivity contribution in [3.63, 3.8) is 0 Å². The van der Waals surface area contributed by atoms with Crippen molar-refractivity contribution in [1.82, 2.24) is 4.90 Å². The van der Waals surface area contributed by atoms with Gasteiger partial charge in [0.1, 0.15) is 6.04 Å². The molecule has 2 rings (SSSR count). The number of nitrogens with two attached hydrogens (primary N) is 1. The Hall–Kier alpha value is -0.610. The molecule has 0 aromatic heterocycles. The molecule has 4 nitrogen and oxygen atoms in total.